The zero-order chi connectivity index (χ0) is 21.9. The second kappa shape index (κ2) is 13.7. The van der Waals surface area contributed by atoms with E-state index in [4.69, 9.17) is 0 Å². The summed E-state index contributed by atoms with van der Waals surface area (Å²) in [5.41, 5.74) is 4.61. The van der Waals surface area contributed by atoms with Crippen LogP contribution in [0.25, 0.3) is 0 Å². The molecule has 0 aliphatic heterocycles. The third kappa shape index (κ3) is 7.23. The molecule has 2 saturated carbocycles. The van der Waals surface area contributed by atoms with Crippen LogP contribution < -0.4 is 24.8 Å². The van der Waals surface area contributed by atoms with Gasteiger partial charge in [-0.05, 0) is 47.3 Å². The fourth-order valence-corrected chi connectivity index (χ4v) is 6.62. The van der Waals surface area contributed by atoms with Gasteiger partial charge >= 0.3 is 26.2 Å². The average molecular weight is 569 g/mol. The third-order valence-electron chi connectivity index (χ3n) is 8.71. The van der Waals surface area contributed by atoms with Crippen LogP contribution in [0, 0.1) is 33.8 Å². The Morgan fingerprint density at radius 2 is 0.879 bits per heavy atom. The average Bonchev–Trinajstić information content (AvgIpc) is 3.42. The zero-order valence-corrected chi connectivity index (χ0v) is 26.0. The second-order valence-corrected chi connectivity index (χ2v) is 12.2. The van der Waals surface area contributed by atoms with Gasteiger partial charge in [0, 0.05) is 0 Å². The van der Waals surface area contributed by atoms with Crippen LogP contribution in [0.4, 0.5) is 0 Å². The van der Waals surface area contributed by atoms with Gasteiger partial charge in [-0.1, -0.05) is 80.1 Å². The van der Waals surface area contributed by atoms with Gasteiger partial charge in [-0.25, -0.2) is 23.3 Å². The maximum atomic E-state index is 3.58. The van der Waals surface area contributed by atoms with Gasteiger partial charge in [0.2, 0.25) is 0 Å². The van der Waals surface area contributed by atoms with Crippen molar-refractivity contribution in [2.45, 2.75) is 119 Å². The molecule has 0 saturated heterocycles. The van der Waals surface area contributed by atoms with Crippen LogP contribution in [0.3, 0.4) is 0 Å². The number of rotatable bonds is 2. The van der Waals surface area contributed by atoms with E-state index in [1.807, 2.05) is 0 Å². The first-order chi connectivity index (χ1) is 14.1. The summed E-state index contributed by atoms with van der Waals surface area (Å²) in [6.07, 6.45) is 32.3. The Morgan fingerprint density at radius 3 is 1.09 bits per heavy atom. The summed E-state index contributed by atoms with van der Waals surface area (Å²) in [5.74, 6) is 0. The van der Waals surface area contributed by atoms with Crippen LogP contribution in [-0.4, -0.2) is 0 Å². The van der Waals surface area contributed by atoms with Crippen molar-refractivity contribution in [3.8, 4) is 0 Å². The van der Waals surface area contributed by atoms with E-state index in [0.717, 1.165) is 12.8 Å². The molecule has 0 aromatic rings. The Hall–Kier alpha value is 0.423. The van der Waals surface area contributed by atoms with Gasteiger partial charge in [0.05, 0.1) is 0 Å². The van der Waals surface area contributed by atoms with Crippen LogP contribution in [0.2, 0.25) is 0 Å². The topological polar surface area (TPSA) is 0 Å². The molecule has 4 aliphatic carbocycles. The van der Waals surface area contributed by atoms with Crippen LogP contribution in [0.5, 0.6) is 0 Å². The SMILES string of the molecule is CC(C)(C)C1(C2=[C-]CC=C2)CCCCC1.CC(C)(C)C1(C2=[C-]CC=C2)CCCCC1.[Cl-].[Cl-].[Zr+4]. The zero-order valence-electron chi connectivity index (χ0n) is 22.1. The van der Waals surface area contributed by atoms with Crippen LogP contribution in [-0.2, 0) is 26.2 Å². The van der Waals surface area contributed by atoms with Crippen LogP contribution in [0.1, 0.15) is 119 Å². The Morgan fingerprint density at radius 1 is 0.576 bits per heavy atom. The maximum absolute atomic E-state index is 3.58. The molecule has 0 N–H and O–H groups in total. The number of hydrogen-bond acceptors (Lipinski definition) is 0. The summed E-state index contributed by atoms with van der Waals surface area (Å²) in [6.45, 7) is 14.4. The van der Waals surface area contributed by atoms with E-state index in [-0.39, 0.29) is 51.0 Å². The summed E-state index contributed by atoms with van der Waals surface area (Å²) in [5, 5.41) is 0. The molecule has 0 aromatic heterocycles. The van der Waals surface area contributed by atoms with Crippen molar-refractivity contribution < 1.29 is 51.0 Å². The molecule has 4 rings (SSSR count). The molecule has 0 heterocycles. The Labute approximate surface area is 237 Å². The predicted octanol–water partition coefficient (Wildman–Crippen LogP) is 3.35. The quantitative estimate of drug-likeness (QED) is 0.449. The first-order valence-electron chi connectivity index (χ1n) is 12.7. The summed E-state index contributed by atoms with van der Waals surface area (Å²) in [7, 11) is 0. The summed E-state index contributed by atoms with van der Waals surface area (Å²) in [4.78, 5) is 0. The molecule has 0 amide bonds. The van der Waals surface area contributed by atoms with Crippen molar-refractivity contribution in [1.82, 2.24) is 0 Å². The van der Waals surface area contributed by atoms with Crippen molar-refractivity contribution in [3.63, 3.8) is 0 Å². The number of hydrogen-bond donors (Lipinski definition) is 0. The molecular formula is C30H46Cl2Zr. The van der Waals surface area contributed by atoms with Gasteiger partial charge in [-0.3, -0.25) is 12.2 Å². The van der Waals surface area contributed by atoms with Gasteiger partial charge in [-0.15, -0.1) is 12.8 Å². The molecule has 4 aliphatic rings. The van der Waals surface area contributed by atoms with Gasteiger partial charge < -0.3 is 24.8 Å². The minimum atomic E-state index is 0. The molecule has 0 aromatic carbocycles. The van der Waals surface area contributed by atoms with E-state index >= 15 is 0 Å². The van der Waals surface area contributed by atoms with Crippen LogP contribution >= 0.6 is 0 Å². The molecule has 0 spiro atoms. The Balaban J connectivity index is 0.000000569. The molecule has 0 atom stereocenters. The largest absolute Gasteiger partial charge is 4.00 e. The first-order valence-corrected chi connectivity index (χ1v) is 12.7. The van der Waals surface area contributed by atoms with Crippen LogP contribution in [0.15, 0.2) is 35.5 Å². The number of halogens is 2. The van der Waals surface area contributed by atoms with Crippen molar-refractivity contribution in [2.24, 2.45) is 21.7 Å². The van der Waals surface area contributed by atoms with Crippen molar-refractivity contribution in [2.75, 3.05) is 0 Å². The normalized spacial score (nSPS) is 23.1. The van der Waals surface area contributed by atoms with E-state index in [1.165, 1.54) is 75.4 Å². The maximum Gasteiger partial charge on any atom is 4.00 e. The molecule has 0 unspecified atom stereocenters. The molecule has 0 bridgehead atoms. The number of allylic oxidation sites excluding steroid dienone is 8. The monoisotopic (exact) mass is 566 g/mol. The van der Waals surface area contributed by atoms with E-state index in [2.05, 4.69) is 78.0 Å². The summed E-state index contributed by atoms with van der Waals surface area (Å²) < 4.78 is 0. The molecule has 0 nitrogen and oxygen atoms in total. The minimum Gasteiger partial charge on any atom is -1.00 e. The molecule has 3 heteroatoms. The van der Waals surface area contributed by atoms with E-state index in [0.29, 0.717) is 21.7 Å². The fraction of sp³-hybridized carbons (Fsp3) is 0.733. The van der Waals surface area contributed by atoms with Crippen molar-refractivity contribution >= 4 is 0 Å². The standard InChI is InChI=1S/2C15H23.2ClH.Zr/c2*1-14(2,3)15(11-7-4-8-12-15)13-9-5-6-10-13;;;/h2*5,9H,4,6-8,11-12H2,1-3H3;2*1H;/q2*-1;;;+4/p-2. The predicted molar refractivity (Wildman–Crippen MR) is 131 cm³/mol. The Bertz CT molecular complexity index is 639. The van der Waals surface area contributed by atoms with Gasteiger partial charge in [0.25, 0.3) is 0 Å². The molecule has 184 valence electrons. The molecular weight excluding hydrogens is 522 g/mol. The van der Waals surface area contributed by atoms with Gasteiger partial charge in [-0.2, -0.15) is 12.2 Å². The molecule has 0 radical (unpaired) electrons. The van der Waals surface area contributed by atoms with Gasteiger partial charge in [0.15, 0.2) is 0 Å². The molecule has 33 heavy (non-hydrogen) atoms. The molecule has 2 fully saturated rings. The van der Waals surface area contributed by atoms with E-state index in [9.17, 15) is 0 Å². The minimum absolute atomic E-state index is 0. The third-order valence-corrected chi connectivity index (χ3v) is 8.71. The fourth-order valence-electron chi connectivity index (χ4n) is 6.62. The van der Waals surface area contributed by atoms with E-state index in [1.54, 1.807) is 0 Å². The first kappa shape index (κ1) is 33.4. The van der Waals surface area contributed by atoms with Crippen molar-refractivity contribution in [1.29, 1.82) is 0 Å². The van der Waals surface area contributed by atoms with Crippen molar-refractivity contribution in [3.05, 3.63) is 47.6 Å². The van der Waals surface area contributed by atoms with E-state index < -0.39 is 0 Å². The summed E-state index contributed by atoms with van der Waals surface area (Å²) in [6, 6.07) is 0. The second-order valence-electron chi connectivity index (χ2n) is 12.2. The summed E-state index contributed by atoms with van der Waals surface area (Å²) >= 11 is 0. The van der Waals surface area contributed by atoms with Gasteiger partial charge in [0.1, 0.15) is 0 Å². The Kier molecular flexibility index (Phi) is 13.8. The smallest absolute Gasteiger partial charge is 1.00 e.